The molecule has 1 aliphatic heterocycles. The van der Waals surface area contributed by atoms with E-state index in [4.69, 9.17) is 4.74 Å². The Morgan fingerprint density at radius 3 is 2.14 bits per heavy atom. The number of benzene rings is 2. The highest BCUT2D eigenvalue weighted by Crippen LogP contribution is 2.13. The monoisotopic (exact) mass is 396 g/mol. The van der Waals surface area contributed by atoms with E-state index in [9.17, 15) is 4.79 Å². The van der Waals surface area contributed by atoms with Gasteiger partial charge in [-0.15, -0.1) is 0 Å². The van der Waals surface area contributed by atoms with E-state index in [2.05, 4.69) is 63.6 Å². The summed E-state index contributed by atoms with van der Waals surface area (Å²) in [6.07, 6.45) is 0. The molecule has 29 heavy (non-hydrogen) atoms. The third-order valence-corrected chi connectivity index (χ3v) is 5.20. The van der Waals surface area contributed by atoms with Gasteiger partial charge in [-0.2, -0.15) is 0 Å². The Balaban J connectivity index is 1.44. The molecule has 0 bridgehead atoms. The standard InChI is InChI=1S/C23H32N4O2/c1-25(2)22-10-8-20(9-11-22)17-26(3)23(28)24-16-19-4-6-21(7-5-19)18-27-12-14-29-15-13-27/h4-11H,12-18H2,1-3H3,(H,24,28). The molecule has 1 fully saturated rings. The minimum Gasteiger partial charge on any atom is -0.379 e. The summed E-state index contributed by atoms with van der Waals surface area (Å²) in [5.41, 5.74) is 4.66. The summed E-state index contributed by atoms with van der Waals surface area (Å²) in [5, 5.41) is 3.00. The number of nitrogens with zero attached hydrogens (tertiary/aromatic N) is 3. The van der Waals surface area contributed by atoms with Crippen molar-refractivity contribution < 1.29 is 9.53 Å². The molecule has 0 radical (unpaired) electrons. The summed E-state index contributed by atoms with van der Waals surface area (Å²) in [6.45, 7) is 5.67. The van der Waals surface area contributed by atoms with Gasteiger partial charge < -0.3 is 19.9 Å². The van der Waals surface area contributed by atoms with Gasteiger partial charge in [-0.1, -0.05) is 36.4 Å². The fourth-order valence-corrected chi connectivity index (χ4v) is 3.34. The Kier molecular flexibility index (Phi) is 7.49. The number of nitrogens with one attached hydrogen (secondary N) is 1. The maximum Gasteiger partial charge on any atom is 0.317 e. The number of hydrogen-bond donors (Lipinski definition) is 1. The number of hydrogen-bond acceptors (Lipinski definition) is 4. The van der Waals surface area contributed by atoms with Crippen molar-refractivity contribution in [3.05, 3.63) is 65.2 Å². The average Bonchev–Trinajstić information content (AvgIpc) is 2.74. The molecule has 0 aromatic heterocycles. The van der Waals surface area contributed by atoms with Crippen LogP contribution in [0, 0.1) is 0 Å². The van der Waals surface area contributed by atoms with Crippen molar-refractivity contribution in [2.75, 3.05) is 52.3 Å². The molecule has 6 heteroatoms. The number of anilines is 1. The number of rotatable bonds is 7. The van der Waals surface area contributed by atoms with Crippen molar-refractivity contribution in [3.63, 3.8) is 0 Å². The van der Waals surface area contributed by atoms with Crippen LogP contribution in [0.2, 0.25) is 0 Å². The van der Waals surface area contributed by atoms with E-state index in [1.54, 1.807) is 4.90 Å². The first kappa shape index (κ1) is 21.1. The van der Waals surface area contributed by atoms with Gasteiger partial charge in [-0.3, -0.25) is 4.90 Å². The molecule has 0 unspecified atom stereocenters. The summed E-state index contributed by atoms with van der Waals surface area (Å²) in [7, 11) is 5.86. The minimum atomic E-state index is -0.0703. The zero-order chi connectivity index (χ0) is 20.6. The van der Waals surface area contributed by atoms with Crippen LogP contribution in [-0.2, 0) is 24.4 Å². The zero-order valence-electron chi connectivity index (χ0n) is 17.7. The molecule has 2 amide bonds. The van der Waals surface area contributed by atoms with E-state index in [0.29, 0.717) is 13.1 Å². The van der Waals surface area contributed by atoms with Crippen LogP contribution in [0.5, 0.6) is 0 Å². The van der Waals surface area contributed by atoms with E-state index < -0.39 is 0 Å². The normalized spacial score (nSPS) is 14.4. The van der Waals surface area contributed by atoms with Crippen LogP contribution in [-0.4, -0.2) is 63.3 Å². The second kappa shape index (κ2) is 10.3. The van der Waals surface area contributed by atoms with Gasteiger partial charge in [0.2, 0.25) is 0 Å². The molecule has 0 saturated carbocycles. The lowest BCUT2D eigenvalue weighted by Crippen LogP contribution is -2.36. The molecule has 2 aromatic carbocycles. The second-order valence-electron chi connectivity index (χ2n) is 7.78. The summed E-state index contributed by atoms with van der Waals surface area (Å²) in [5.74, 6) is 0. The van der Waals surface area contributed by atoms with Crippen LogP contribution in [0.25, 0.3) is 0 Å². The summed E-state index contributed by atoms with van der Waals surface area (Å²) < 4.78 is 5.39. The SMILES string of the molecule is CN(Cc1ccc(N(C)C)cc1)C(=O)NCc1ccc(CN2CCOCC2)cc1. The number of amides is 2. The van der Waals surface area contributed by atoms with Gasteiger partial charge in [0.15, 0.2) is 0 Å². The molecule has 3 rings (SSSR count). The lowest BCUT2D eigenvalue weighted by Gasteiger charge is -2.26. The van der Waals surface area contributed by atoms with Crippen LogP contribution < -0.4 is 10.2 Å². The molecule has 156 valence electrons. The molecule has 2 aromatic rings. The Morgan fingerprint density at radius 2 is 1.52 bits per heavy atom. The van der Waals surface area contributed by atoms with Crippen molar-refractivity contribution in [1.29, 1.82) is 0 Å². The van der Waals surface area contributed by atoms with Crippen molar-refractivity contribution in [2.45, 2.75) is 19.6 Å². The van der Waals surface area contributed by atoms with Gasteiger partial charge in [0.1, 0.15) is 0 Å². The van der Waals surface area contributed by atoms with Crippen LogP contribution in [0.1, 0.15) is 16.7 Å². The van der Waals surface area contributed by atoms with E-state index in [-0.39, 0.29) is 6.03 Å². The van der Waals surface area contributed by atoms with Crippen LogP contribution in [0.15, 0.2) is 48.5 Å². The van der Waals surface area contributed by atoms with Gasteiger partial charge in [0.05, 0.1) is 13.2 Å². The molecule has 1 saturated heterocycles. The summed E-state index contributed by atoms with van der Waals surface area (Å²) in [4.78, 5) is 18.6. The molecule has 6 nitrogen and oxygen atoms in total. The highest BCUT2D eigenvalue weighted by atomic mass is 16.5. The number of ether oxygens (including phenoxy) is 1. The second-order valence-corrected chi connectivity index (χ2v) is 7.78. The molecular formula is C23H32N4O2. The number of morpholine rings is 1. The largest absolute Gasteiger partial charge is 0.379 e. The first-order chi connectivity index (χ1) is 14.0. The van der Waals surface area contributed by atoms with E-state index >= 15 is 0 Å². The van der Waals surface area contributed by atoms with Crippen LogP contribution >= 0.6 is 0 Å². The molecular weight excluding hydrogens is 364 g/mol. The first-order valence-corrected chi connectivity index (χ1v) is 10.1. The van der Waals surface area contributed by atoms with Crippen molar-refractivity contribution >= 4 is 11.7 Å². The third-order valence-electron chi connectivity index (χ3n) is 5.20. The van der Waals surface area contributed by atoms with Crippen molar-refractivity contribution in [3.8, 4) is 0 Å². The van der Waals surface area contributed by atoms with Gasteiger partial charge in [0, 0.05) is 59.6 Å². The highest BCUT2D eigenvalue weighted by Gasteiger charge is 2.11. The number of carbonyl (C=O) groups is 1. The Hall–Kier alpha value is -2.57. The van der Waals surface area contributed by atoms with E-state index in [1.807, 2.05) is 21.1 Å². The van der Waals surface area contributed by atoms with Crippen LogP contribution in [0.4, 0.5) is 10.5 Å². The number of carbonyl (C=O) groups excluding carboxylic acids is 1. The van der Waals surface area contributed by atoms with Gasteiger partial charge >= 0.3 is 6.03 Å². The first-order valence-electron chi connectivity index (χ1n) is 10.1. The third kappa shape index (κ3) is 6.48. The summed E-state index contributed by atoms with van der Waals surface area (Å²) >= 11 is 0. The zero-order valence-corrected chi connectivity index (χ0v) is 17.7. The van der Waals surface area contributed by atoms with Crippen molar-refractivity contribution in [1.82, 2.24) is 15.1 Å². The molecule has 1 N–H and O–H groups in total. The molecule has 0 atom stereocenters. The Morgan fingerprint density at radius 1 is 0.931 bits per heavy atom. The number of urea groups is 1. The predicted molar refractivity (Wildman–Crippen MR) is 117 cm³/mol. The smallest absolute Gasteiger partial charge is 0.317 e. The van der Waals surface area contributed by atoms with E-state index in [0.717, 1.165) is 49.7 Å². The lowest BCUT2D eigenvalue weighted by atomic mass is 10.1. The molecule has 0 spiro atoms. The van der Waals surface area contributed by atoms with Gasteiger partial charge in [-0.05, 0) is 28.8 Å². The quantitative estimate of drug-likeness (QED) is 0.782. The molecule has 1 heterocycles. The van der Waals surface area contributed by atoms with Gasteiger partial charge in [-0.25, -0.2) is 4.79 Å². The maximum absolute atomic E-state index is 12.4. The highest BCUT2D eigenvalue weighted by molar-refractivity contribution is 5.73. The summed E-state index contributed by atoms with van der Waals surface area (Å²) in [6, 6.07) is 16.7. The maximum atomic E-state index is 12.4. The minimum absolute atomic E-state index is 0.0703. The fraction of sp³-hybridized carbons (Fsp3) is 0.435. The molecule has 1 aliphatic rings. The topological polar surface area (TPSA) is 48.0 Å². The lowest BCUT2D eigenvalue weighted by molar-refractivity contribution is 0.0342. The predicted octanol–water partition coefficient (Wildman–Crippen LogP) is 2.93. The Labute approximate surface area is 174 Å². The van der Waals surface area contributed by atoms with Crippen LogP contribution in [0.3, 0.4) is 0 Å². The Bertz CT molecular complexity index is 768. The average molecular weight is 397 g/mol. The van der Waals surface area contributed by atoms with Gasteiger partial charge in [0.25, 0.3) is 0 Å². The molecule has 0 aliphatic carbocycles. The van der Waals surface area contributed by atoms with E-state index in [1.165, 1.54) is 5.56 Å². The van der Waals surface area contributed by atoms with Crippen molar-refractivity contribution in [2.24, 2.45) is 0 Å². The fourth-order valence-electron chi connectivity index (χ4n) is 3.34.